The second kappa shape index (κ2) is 7.21. The third kappa shape index (κ3) is 3.47. The van der Waals surface area contributed by atoms with Crippen molar-refractivity contribution in [3.63, 3.8) is 0 Å². The van der Waals surface area contributed by atoms with Gasteiger partial charge in [-0.15, -0.1) is 0 Å². The quantitative estimate of drug-likeness (QED) is 0.407. The molecule has 1 aliphatic heterocycles. The Balaban J connectivity index is 1.68. The first-order valence-electron chi connectivity index (χ1n) is 7.60. The van der Waals surface area contributed by atoms with Gasteiger partial charge in [0.15, 0.2) is 0 Å². The van der Waals surface area contributed by atoms with E-state index in [0.29, 0.717) is 6.04 Å². The van der Waals surface area contributed by atoms with Gasteiger partial charge in [-0.1, -0.05) is 49.4 Å². The van der Waals surface area contributed by atoms with Gasteiger partial charge >= 0.3 is 0 Å². The van der Waals surface area contributed by atoms with Crippen molar-refractivity contribution < 1.29 is 0 Å². The molecule has 2 fully saturated rings. The zero-order chi connectivity index (χ0) is 13.9. The predicted molar refractivity (Wildman–Crippen MR) is 97.2 cm³/mol. The molecule has 0 amide bonds. The van der Waals surface area contributed by atoms with Gasteiger partial charge in [0.25, 0.3) is 0 Å². The monoisotopic (exact) mass is 421 g/mol. The molecule has 0 radical (unpaired) electrons. The zero-order valence-electron chi connectivity index (χ0n) is 11.6. The normalized spacial score (nSPS) is 28.3. The van der Waals surface area contributed by atoms with Crippen molar-refractivity contribution in [2.75, 3.05) is 0 Å². The molecule has 1 nitrogen and oxygen atoms in total. The molecule has 2 unspecified atom stereocenters. The third-order valence-electron chi connectivity index (χ3n) is 4.86. The number of hydrogen-bond acceptors (Lipinski definition) is 2. The number of rotatable bonds is 4. The lowest BCUT2D eigenvalue weighted by atomic mass is 9.97. The van der Waals surface area contributed by atoms with E-state index in [1.165, 1.54) is 50.5 Å². The fraction of sp³-hybridized carbons (Fsp3) is 0.625. The van der Waals surface area contributed by atoms with Crippen LogP contribution in [0.4, 0.5) is 0 Å². The first-order chi connectivity index (χ1) is 9.78. The Morgan fingerprint density at radius 2 is 1.80 bits per heavy atom. The van der Waals surface area contributed by atoms with E-state index < -0.39 is 0 Å². The largest absolute Gasteiger partial charge is 0.231 e. The van der Waals surface area contributed by atoms with Crippen molar-refractivity contribution in [3.8, 4) is 0 Å². The second-order valence-electron chi connectivity index (χ2n) is 6.11. The summed E-state index contributed by atoms with van der Waals surface area (Å²) in [5.41, 5.74) is 1.42. The van der Waals surface area contributed by atoms with Crippen LogP contribution in [0.1, 0.15) is 56.6 Å². The summed E-state index contributed by atoms with van der Waals surface area (Å²) in [7, 11) is 1.90. The van der Waals surface area contributed by atoms with E-state index in [2.05, 4.69) is 37.6 Å². The van der Waals surface area contributed by atoms with Crippen molar-refractivity contribution in [1.82, 2.24) is 4.31 Å². The fourth-order valence-electron chi connectivity index (χ4n) is 3.81. The van der Waals surface area contributed by atoms with Crippen LogP contribution in [0.2, 0.25) is 5.02 Å². The van der Waals surface area contributed by atoms with Crippen molar-refractivity contribution in [1.29, 1.82) is 0 Å². The van der Waals surface area contributed by atoms with E-state index in [-0.39, 0.29) is 0 Å². The van der Waals surface area contributed by atoms with Crippen LogP contribution in [0.3, 0.4) is 0 Å². The van der Waals surface area contributed by atoms with Gasteiger partial charge in [0.1, 0.15) is 0 Å². The molecule has 1 heterocycles. The molecule has 1 aromatic rings. The van der Waals surface area contributed by atoms with Crippen LogP contribution in [-0.2, 0) is 0 Å². The lowest BCUT2D eigenvalue weighted by molar-refractivity contribution is 0.308. The Kier molecular flexibility index (Phi) is 5.57. The molecule has 0 spiro atoms. The maximum Gasteiger partial charge on any atom is 0.0463 e. The highest BCUT2D eigenvalue weighted by atomic mass is 127. The number of hydrogen-bond donors (Lipinski definition) is 0. The molecule has 1 aliphatic carbocycles. The summed E-state index contributed by atoms with van der Waals surface area (Å²) >= 11 is 8.47. The van der Waals surface area contributed by atoms with Crippen LogP contribution >= 0.6 is 41.9 Å². The van der Waals surface area contributed by atoms with Gasteiger partial charge in [-0.05, 0) is 52.0 Å². The molecule has 2 atom stereocenters. The minimum atomic E-state index is 0.570. The van der Waals surface area contributed by atoms with Crippen LogP contribution in [0.25, 0.3) is 0 Å². The molecule has 4 heteroatoms. The molecule has 0 N–H and O–H groups in total. The van der Waals surface area contributed by atoms with Crippen LogP contribution in [0, 0.1) is 5.92 Å². The Bertz CT molecular complexity index is 433. The molecule has 1 saturated heterocycles. The molecule has 2 aliphatic rings. The molecule has 0 aromatic heterocycles. The Morgan fingerprint density at radius 1 is 1.10 bits per heavy atom. The van der Waals surface area contributed by atoms with E-state index in [9.17, 15) is 0 Å². The minimum Gasteiger partial charge on any atom is -0.231 e. The Labute approximate surface area is 143 Å². The maximum absolute atomic E-state index is 6.01. The van der Waals surface area contributed by atoms with Crippen LogP contribution in [0.15, 0.2) is 24.3 Å². The first-order valence-corrected chi connectivity index (χ1v) is 11.3. The van der Waals surface area contributed by atoms with Gasteiger partial charge < -0.3 is 0 Å². The smallest absolute Gasteiger partial charge is 0.0463 e. The zero-order valence-corrected chi connectivity index (χ0v) is 15.3. The summed E-state index contributed by atoms with van der Waals surface area (Å²) in [6, 6.07) is 9.78. The summed E-state index contributed by atoms with van der Waals surface area (Å²) in [6.45, 7) is 0. The number of halogens is 2. The predicted octanol–water partition coefficient (Wildman–Crippen LogP) is 6.42. The van der Waals surface area contributed by atoms with Crippen molar-refractivity contribution in [3.05, 3.63) is 34.9 Å². The van der Waals surface area contributed by atoms with E-state index >= 15 is 0 Å². The SMILES string of the molecule is Clc1ccc(C2CCC(CC3CCCC3)N2SI)cc1. The second-order valence-corrected chi connectivity index (χ2v) is 8.29. The molecule has 20 heavy (non-hydrogen) atoms. The molecule has 1 saturated carbocycles. The van der Waals surface area contributed by atoms with Crippen LogP contribution in [0.5, 0.6) is 0 Å². The first kappa shape index (κ1) is 15.4. The fourth-order valence-corrected chi connectivity index (χ4v) is 6.36. The van der Waals surface area contributed by atoms with Gasteiger partial charge in [-0.3, -0.25) is 0 Å². The molecule has 3 rings (SSSR count). The highest BCUT2D eigenvalue weighted by Crippen LogP contribution is 2.46. The van der Waals surface area contributed by atoms with Gasteiger partial charge in [0.2, 0.25) is 0 Å². The summed E-state index contributed by atoms with van der Waals surface area (Å²) in [5.74, 6) is 0.981. The minimum absolute atomic E-state index is 0.570. The molecule has 0 bridgehead atoms. The lowest BCUT2D eigenvalue weighted by Crippen LogP contribution is -2.25. The van der Waals surface area contributed by atoms with Crippen LogP contribution in [-0.4, -0.2) is 10.3 Å². The van der Waals surface area contributed by atoms with Gasteiger partial charge in [0, 0.05) is 38.3 Å². The molecular weight excluding hydrogens is 401 g/mol. The summed E-state index contributed by atoms with van der Waals surface area (Å²) < 4.78 is 2.64. The van der Waals surface area contributed by atoms with E-state index in [1.807, 2.05) is 21.3 Å². The Hall–Kier alpha value is 0.550. The summed E-state index contributed by atoms with van der Waals surface area (Å²) in [6.07, 6.45) is 9.86. The third-order valence-corrected chi connectivity index (χ3v) is 7.18. The average Bonchev–Trinajstić information content (AvgIpc) is 3.10. The van der Waals surface area contributed by atoms with Gasteiger partial charge in [0.05, 0.1) is 0 Å². The highest BCUT2D eigenvalue weighted by Gasteiger charge is 2.36. The van der Waals surface area contributed by atoms with E-state index in [0.717, 1.165) is 17.0 Å². The molecule has 110 valence electrons. The molecular formula is C16H21ClINS. The number of nitrogens with zero attached hydrogens (tertiary/aromatic N) is 1. The van der Waals surface area contributed by atoms with E-state index in [1.54, 1.807) is 0 Å². The average molecular weight is 422 g/mol. The maximum atomic E-state index is 6.01. The van der Waals surface area contributed by atoms with E-state index in [4.69, 9.17) is 11.6 Å². The van der Waals surface area contributed by atoms with Crippen molar-refractivity contribution in [2.45, 2.75) is 57.0 Å². The Morgan fingerprint density at radius 3 is 2.45 bits per heavy atom. The standard InChI is InChI=1S/C16H21ClINS/c17-14-7-5-13(6-8-14)16-10-9-15(19(16)20-18)11-12-3-1-2-4-12/h5-8,12,15-16H,1-4,9-11H2. The number of benzene rings is 1. The summed E-state index contributed by atoms with van der Waals surface area (Å²) in [5, 5.41) is 0.836. The van der Waals surface area contributed by atoms with Crippen LogP contribution < -0.4 is 0 Å². The lowest BCUT2D eigenvalue weighted by Gasteiger charge is -2.28. The summed E-state index contributed by atoms with van der Waals surface area (Å²) in [4.78, 5) is 0. The molecule has 1 aromatic carbocycles. The van der Waals surface area contributed by atoms with Gasteiger partial charge in [-0.25, -0.2) is 4.31 Å². The topological polar surface area (TPSA) is 3.24 Å². The van der Waals surface area contributed by atoms with Gasteiger partial charge in [-0.2, -0.15) is 0 Å². The van der Waals surface area contributed by atoms with Crippen molar-refractivity contribution in [2.24, 2.45) is 5.92 Å². The highest BCUT2D eigenvalue weighted by molar-refractivity contribution is 14.2. The van der Waals surface area contributed by atoms with Crippen molar-refractivity contribution >= 4 is 41.9 Å².